The van der Waals surface area contributed by atoms with Gasteiger partial charge in [0.15, 0.2) is 0 Å². The van der Waals surface area contributed by atoms with Crippen LogP contribution in [0, 0.1) is 10.1 Å². The second kappa shape index (κ2) is 11.2. The summed E-state index contributed by atoms with van der Waals surface area (Å²) < 4.78 is 26.8. The minimum Gasteiger partial charge on any atom is -0.350 e. The molecule has 0 saturated heterocycles. The van der Waals surface area contributed by atoms with Crippen molar-refractivity contribution in [2.75, 3.05) is 17.1 Å². The quantitative estimate of drug-likeness (QED) is 0.364. The highest BCUT2D eigenvalue weighted by Gasteiger charge is 2.31. The summed E-state index contributed by atoms with van der Waals surface area (Å²) in [5.74, 6) is -1.04. The molecule has 2 aromatic carbocycles. The van der Waals surface area contributed by atoms with Crippen LogP contribution in [-0.2, 0) is 26.2 Å². The smallest absolute Gasteiger partial charge is 0.271 e. The van der Waals surface area contributed by atoms with Gasteiger partial charge in [0, 0.05) is 28.7 Å². The molecule has 2 aromatic rings. The van der Waals surface area contributed by atoms with Crippen molar-refractivity contribution in [3.8, 4) is 0 Å². The largest absolute Gasteiger partial charge is 0.350 e. The summed E-state index contributed by atoms with van der Waals surface area (Å²) in [5, 5.41) is 14.0. The molecule has 190 valence electrons. The average molecular weight is 569 g/mol. The molecule has 1 atom stereocenters. The van der Waals surface area contributed by atoms with Crippen molar-refractivity contribution < 1.29 is 22.9 Å². The number of nitro benzene ring substituents is 1. The van der Waals surface area contributed by atoms with E-state index >= 15 is 0 Å². The van der Waals surface area contributed by atoms with Crippen LogP contribution < -0.4 is 9.62 Å². The van der Waals surface area contributed by atoms with Gasteiger partial charge in [-0.1, -0.05) is 34.1 Å². The number of non-ortho nitro benzene ring substituents is 1. The van der Waals surface area contributed by atoms with E-state index in [0.29, 0.717) is 0 Å². The molecule has 0 aromatic heterocycles. The van der Waals surface area contributed by atoms with Gasteiger partial charge in [-0.2, -0.15) is 0 Å². The third-order valence-electron chi connectivity index (χ3n) is 4.94. The molecule has 0 saturated carbocycles. The van der Waals surface area contributed by atoms with Crippen LogP contribution in [0.4, 0.5) is 11.4 Å². The molecule has 0 aliphatic heterocycles. The Kier molecular flexibility index (Phi) is 9.01. The number of anilines is 1. The van der Waals surface area contributed by atoms with Gasteiger partial charge in [-0.25, -0.2) is 8.42 Å². The molecule has 1 N–H and O–H groups in total. The number of benzene rings is 2. The number of nitrogens with zero attached hydrogens (tertiary/aromatic N) is 3. The van der Waals surface area contributed by atoms with Crippen molar-refractivity contribution >= 4 is 49.1 Å². The molecule has 10 nitrogen and oxygen atoms in total. The number of sulfonamides is 1. The number of nitrogens with one attached hydrogen (secondary N) is 1. The zero-order valence-corrected chi connectivity index (χ0v) is 22.6. The Morgan fingerprint density at radius 1 is 1.14 bits per heavy atom. The van der Waals surface area contributed by atoms with Crippen LogP contribution in [0.15, 0.2) is 53.0 Å². The maximum Gasteiger partial charge on any atom is 0.271 e. The van der Waals surface area contributed by atoms with Gasteiger partial charge in [-0.15, -0.1) is 0 Å². The molecule has 2 amide bonds. The number of nitro groups is 1. The predicted octanol–water partition coefficient (Wildman–Crippen LogP) is 3.46. The van der Waals surface area contributed by atoms with Crippen LogP contribution in [0.25, 0.3) is 0 Å². The number of hydrogen-bond donors (Lipinski definition) is 1. The first-order valence-corrected chi connectivity index (χ1v) is 13.3. The molecular formula is C23H29BrN4O6S. The molecule has 0 aliphatic rings. The summed E-state index contributed by atoms with van der Waals surface area (Å²) in [7, 11) is -3.99. The number of rotatable bonds is 9. The molecule has 35 heavy (non-hydrogen) atoms. The van der Waals surface area contributed by atoms with Crippen LogP contribution in [0.5, 0.6) is 0 Å². The van der Waals surface area contributed by atoms with E-state index in [4.69, 9.17) is 0 Å². The number of hydrogen-bond acceptors (Lipinski definition) is 6. The van der Waals surface area contributed by atoms with Crippen LogP contribution in [-0.4, -0.2) is 54.4 Å². The lowest BCUT2D eigenvalue weighted by molar-refractivity contribution is -0.384. The summed E-state index contributed by atoms with van der Waals surface area (Å²) >= 11 is 3.36. The Hall–Kier alpha value is -2.99. The lowest BCUT2D eigenvalue weighted by atomic mass is 10.1. The Labute approximate surface area is 213 Å². The van der Waals surface area contributed by atoms with Gasteiger partial charge in [0.25, 0.3) is 5.69 Å². The summed E-state index contributed by atoms with van der Waals surface area (Å²) in [6, 6.07) is 11.3. The van der Waals surface area contributed by atoms with Crippen molar-refractivity contribution in [3.63, 3.8) is 0 Å². The first-order chi connectivity index (χ1) is 16.1. The third kappa shape index (κ3) is 8.32. The van der Waals surface area contributed by atoms with E-state index in [1.165, 1.54) is 23.1 Å². The fourth-order valence-corrected chi connectivity index (χ4v) is 4.32. The van der Waals surface area contributed by atoms with Gasteiger partial charge in [0.2, 0.25) is 21.8 Å². The Morgan fingerprint density at radius 2 is 1.74 bits per heavy atom. The van der Waals surface area contributed by atoms with Crippen LogP contribution in [0.2, 0.25) is 0 Å². The van der Waals surface area contributed by atoms with Gasteiger partial charge in [-0.05, 0) is 51.5 Å². The molecule has 0 bridgehead atoms. The van der Waals surface area contributed by atoms with Crippen LogP contribution in [0.1, 0.15) is 33.3 Å². The van der Waals surface area contributed by atoms with E-state index in [0.717, 1.165) is 26.7 Å². The van der Waals surface area contributed by atoms with Gasteiger partial charge in [0.05, 0.1) is 16.9 Å². The zero-order chi connectivity index (χ0) is 26.6. The highest BCUT2D eigenvalue weighted by Crippen LogP contribution is 2.24. The summed E-state index contributed by atoms with van der Waals surface area (Å²) in [5.41, 5.74) is -0.142. The predicted molar refractivity (Wildman–Crippen MR) is 137 cm³/mol. The first-order valence-electron chi connectivity index (χ1n) is 10.7. The number of carbonyl (C=O) groups is 2. The van der Waals surface area contributed by atoms with Gasteiger partial charge >= 0.3 is 0 Å². The fourth-order valence-electron chi connectivity index (χ4n) is 3.22. The van der Waals surface area contributed by atoms with Crippen molar-refractivity contribution in [3.05, 3.63) is 68.7 Å². The summed E-state index contributed by atoms with van der Waals surface area (Å²) in [6.07, 6.45) is 0.911. The molecule has 0 aliphatic carbocycles. The number of halogens is 1. The van der Waals surface area contributed by atoms with Crippen molar-refractivity contribution in [2.24, 2.45) is 0 Å². The van der Waals surface area contributed by atoms with Gasteiger partial charge < -0.3 is 10.2 Å². The molecule has 2 rings (SSSR count). The van der Waals surface area contributed by atoms with Crippen molar-refractivity contribution in [2.45, 2.75) is 45.8 Å². The van der Waals surface area contributed by atoms with E-state index in [1.807, 2.05) is 20.8 Å². The van der Waals surface area contributed by atoms with Crippen LogP contribution in [0.3, 0.4) is 0 Å². The Bertz CT molecular complexity index is 1200. The minimum atomic E-state index is -3.99. The topological polar surface area (TPSA) is 130 Å². The van der Waals surface area contributed by atoms with E-state index in [9.17, 15) is 28.1 Å². The molecule has 0 radical (unpaired) electrons. The molecule has 1 unspecified atom stereocenters. The lowest BCUT2D eigenvalue weighted by Gasteiger charge is -2.33. The molecule has 0 heterocycles. The van der Waals surface area contributed by atoms with E-state index < -0.39 is 44.9 Å². The minimum absolute atomic E-state index is 0.0227. The average Bonchev–Trinajstić information content (AvgIpc) is 2.74. The SMILES string of the molecule is CC(C(=O)NC(C)(C)C)N(Cc1ccc(Br)cc1)C(=O)CN(c1cccc([N+](=O)[O-])c1)S(C)(=O)=O. The second-order valence-electron chi connectivity index (χ2n) is 9.11. The van der Waals surface area contributed by atoms with Gasteiger partial charge in [0.1, 0.15) is 12.6 Å². The molecule has 0 spiro atoms. The van der Waals surface area contributed by atoms with Crippen LogP contribution >= 0.6 is 15.9 Å². The summed E-state index contributed by atoms with van der Waals surface area (Å²) in [6.45, 7) is 6.42. The standard InChI is InChI=1S/C23H29BrN4O6S/c1-16(22(30)25-23(2,3)4)26(14-17-9-11-18(24)12-10-17)21(29)15-27(35(5,33)34)19-7-6-8-20(13-19)28(31)32/h6-13,16H,14-15H2,1-5H3,(H,25,30). The van der Waals surface area contributed by atoms with E-state index in [2.05, 4.69) is 21.2 Å². The highest BCUT2D eigenvalue weighted by molar-refractivity contribution is 9.10. The third-order valence-corrected chi connectivity index (χ3v) is 6.61. The van der Waals surface area contributed by atoms with E-state index in [1.54, 1.807) is 31.2 Å². The normalized spacial score (nSPS) is 12.5. The Balaban J connectivity index is 2.43. The fraction of sp³-hybridized carbons (Fsp3) is 0.391. The Morgan fingerprint density at radius 3 is 2.26 bits per heavy atom. The number of amides is 2. The molecule has 12 heteroatoms. The summed E-state index contributed by atoms with van der Waals surface area (Å²) in [4.78, 5) is 38.2. The number of carbonyl (C=O) groups excluding carboxylic acids is 2. The monoisotopic (exact) mass is 568 g/mol. The molecular weight excluding hydrogens is 540 g/mol. The molecule has 0 fully saturated rings. The van der Waals surface area contributed by atoms with Crippen molar-refractivity contribution in [1.29, 1.82) is 0 Å². The lowest BCUT2D eigenvalue weighted by Crippen LogP contribution is -2.54. The van der Waals surface area contributed by atoms with E-state index in [-0.39, 0.29) is 17.9 Å². The highest BCUT2D eigenvalue weighted by atomic mass is 79.9. The first kappa shape index (κ1) is 28.2. The zero-order valence-electron chi connectivity index (χ0n) is 20.2. The maximum absolute atomic E-state index is 13.5. The van der Waals surface area contributed by atoms with Crippen molar-refractivity contribution in [1.82, 2.24) is 10.2 Å². The maximum atomic E-state index is 13.5. The second-order valence-corrected chi connectivity index (χ2v) is 11.9. The van der Waals surface area contributed by atoms with Gasteiger partial charge in [-0.3, -0.25) is 24.0 Å².